The molecule has 0 spiro atoms. The Hall–Kier alpha value is -2.48. The molecule has 0 amide bonds. The van der Waals surface area contributed by atoms with Gasteiger partial charge < -0.3 is 0 Å². The fourth-order valence-corrected chi connectivity index (χ4v) is 7.24. The average Bonchev–Trinajstić information content (AvgIpc) is 3.16. The molecule has 2 aliphatic rings. The first kappa shape index (κ1) is 41.3. The molecule has 2 aromatic rings. The van der Waals surface area contributed by atoms with Crippen LogP contribution in [0.2, 0.25) is 0 Å². The summed E-state index contributed by atoms with van der Waals surface area (Å²) in [5, 5.41) is 0. The van der Waals surface area contributed by atoms with E-state index in [2.05, 4.69) is 149 Å². The van der Waals surface area contributed by atoms with Crippen LogP contribution in [0.1, 0.15) is 133 Å². The summed E-state index contributed by atoms with van der Waals surface area (Å²) in [7, 11) is 0. The number of benzene rings is 2. The van der Waals surface area contributed by atoms with Crippen molar-refractivity contribution in [2.45, 2.75) is 122 Å². The van der Waals surface area contributed by atoms with Crippen molar-refractivity contribution in [2.75, 3.05) is 45.8 Å². The van der Waals surface area contributed by atoms with E-state index in [1.54, 1.807) is 0 Å². The number of nitrogens with zero attached hydrogens (tertiary/aromatic N) is 3. The first-order chi connectivity index (χ1) is 25.1. The van der Waals surface area contributed by atoms with Crippen LogP contribution in [-0.2, 0) is 0 Å². The van der Waals surface area contributed by atoms with Gasteiger partial charge in [-0.2, -0.15) is 0 Å². The van der Waals surface area contributed by atoms with Gasteiger partial charge in [0, 0.05) is 41.2 Å². The highest BCUT2D eigenvalue weighted by Gasteiger charge is 2.21. The molecule has 2 aromatic carbocycles. The third kappa shape index (κ3) is 16.4. The quantitative estimate of drug-likeness (QED) is 0.131. The van der Waals surface area contributed by atoms with Crippen LogP contribution in [-0.4, -0.2) is 60.5 Å². The largest absolute Gasteiger partial charge is 0.286 e. The van der Waals surface area contributed by atoms with Gasteiger partial charge in [0.05, 0.1) is 25.2 Å². The minimum absolute atomic E-state index is 0.209. The average molecular weight is 814 g/mol. The van der Waals surface area contributed by atoms with E-state index in [-0.39, 0.29) is 12.1 Å². The molecular weight excluding hydrogens is 754 g/mol. The van der Waals surface area contributed by atoms with Crippen molar-refractivity contribution in [3.63, 3.8) is 0 Å². The maximum atomic E-state index is 3.62. The summed E-state index contributed by atoms with van der Waals surface area (Å²) in [6.07, 6.45) is 18.4. The highest BCUT2D eigenvalue weighted by atomic mass is 79.9. The van der Waals surface area contributed by atoms with Gasteiger partial charge in [0.1, 0.15) is 0 Å². The molecule has 2 saturated heterocycles. The monoisotopic (exact) mass is 811 g/mol. The summed E-state index contributed by atoms with van der Waals surface area (Å²) in [6.45, 7) is 9.54. The summed E-state index contributed by atoms with van der Waals surface area (Å²) in [4.78, 5) is 7.54. The molecule has 2 heterocycles. The van der Waals surface area contributed by atoms with Gasteiger partial charge in [-0.05, 0) is 119 Å². The molecule has 2 fully saturated rings. The van der Waals surface area contributed by atoms with E-state index in [9.17, 15) is 0 Å². The number of hydrogen-bond donors (Lipinski definition) is 0. The van der Waals surface area contributed by atoms with Crippen molar-refractivity contribution in [3.8, 4) is 47.4 Å². The van der Waals surface area contributed by atoms with Gasteiger partial charge in [-0.15, -0.1) is 23.7 Å². The molecule has 0 aromatic heterocycles. The summed E-state index contributed by atoms with van der Waals surface area (Å²) >= 11 is 7.15. The van der Waals surface area contributed by atoms with Crippen molar-refractivity contribution in [2.24, 2.45) is 0 Å². The zero-order valence-corrected chi connectivity index (χ0v) is 34.3. The molecule has 2 atom stereocenters. The zero-order valence-electron chi connectivity index (χ0n) is 31.1. The molecule has 0 saturated carbocycles. The summed E-state index contributed by atoms with van der Waals surface area (Å²) in [5.74, 6) is 28.0. The second kappa shape index (κ2) is 25.5. The Kier molecular flexibility index (Phi) is 20.6. The van der Waals surface area contributed by atoms with Crippen LogP contribution in [0.25, 0.3) is 0 Å². The Balaban J connectivity index is 1.13. The minimum Gasteiger partial charge on any atom is -0.286 e. The fourth-order valence-electron chi connectivity index (χ4n) is 6.71. The third-order valence-corrected chi connectivity index (χ3v) is 10.8. The van der Waals surface area contributed by atoms with Gasteiger partial charge in [0.25, 0.3) is 0 Å². The Morgan fingerprint density at radius 1 is 0.529 bits per heavy atom. The van der Waals surface area contributed by atoms with Crippen molar-refractivity contribution in [3.05, 3.63) is 68.6 Å². The second-order valence-corrected chi connectivity index (χ2v) is 15.8. The van der Waals surface area contributed by atoms with Crippen LogP contribution in [0.15, 0.2) is 57.5 Å². The molecule has 3 nitrogen and oxygen atoms in total. The lowest BCUT2D eigenvalue weighted by atomic mass is 10.0. The first-order valence-corrected chi connectivity index (χ1v) is 21.3. The van der Waals surface area contributed by atoms with E-state index < -0.39 is 0 Å². The Labute approximate surface area is 328 Å². The van der Waals surface area contributed by atoms with Crippen LogP contribution in [0.5, 0.6) is 0 Å². The maximum Gasteiger partial charge on any atom is 0.0970 e. The van der Waals surface area contributed by atoms with Gasteiger partial charge in [0.15, 0.2) is 0 Å². The van der Waals surface area contributed by atoms with Crippen LogP contribution in [0, 0.1) is 47.4 Å². The molecule has 0 bridgehead atoms. The summed E-state index contributed by atoms with van der Waals surface area (Å²) < 4.78 is 2.24. The summed E-state index contributed by atoms with van der Waals surface area (Å²) in [6, 6.07) is 17.9. The number of hydrogen-bond acceptors (Lipinski definition) is 3. The van der Waals surface area contributed by atoms with Crippen molar-refractivity contribution >= 4 is 31.9 Å². The molecule has 4 rings (SSSR count). The second-order valence-electron chi connectivity index (χ2n) is 13.9. The smallest absolute Gasteiger partial charge is 0.0970 e. The molecular formula is C46H59Br2N3. The van der Waals surface area contributed by atoms with E-state index in [4.69, 9.17) is 0 Å². The zero-order chi connectivity index (χ0) is 35.8. The molecule has 5 heteroatoms. The van der Waals surface area contributed by atoms with Crippen molar-refractivity contribution in [1.82, 2.24) is 14.7 Å². The molecule has 272 valence electrons. The highest BCUT2D eigenvalue weighted by molar-refractivity contribution is 9.10. The maximum absolute atomic E-state index is 3.62. The normalized spacial score (nSPS) is 16.0. The van der Waals surface area contributed by atoms with E-state index in [0.29, 0.717) is 0 Å². The molecule has 0 N–H and O–H groups in total. The molecule has 51 heavy (non-hydrogen) atoms. The van der Waals surface area contributed by atoms with Gasteiger partial charge in [-0.3, -0.25) is 14.7 Å². The number of unbranched alkanes of at least 4 members (excludes halogenated alkanes) is 7. The predicted octanol–water partition coefficient (Wildman–Crippen LogP) is 11.2. The fraction of sp³-hybridized carbons (Fsp3) is 0.565. The Morgan fingerprint density at radius 3 is 1.31 bits per heavy atom. The molecule has 2 unspecified atom stereocenters. The van der Waals surface area contributed by atoms with Gasteiger partial charge >= 0.3 is 0 Å². The lowest BCUT2D eigenvalue weighted by Gasteiger charge is -2.31. The standard InChI is InChI=1S/C46H59Br2N3/c1-2-3-34-49(35-18-12-8-4-6-10-16-24-45(50-37-20-14-21-38-50)41-26-30-43(47)31-27-41)36-19-13-9-5-7-11-17-25-46(51-39-22-15-23-40-51)42-28-32-44(48)33-29-42/h26-33,45-46H,2-11,14-15,20-23,34-40H2,1H3. The lowest BCUT2D eigenvalue weighted by molar-refractivity contribution is 0.197. The van der Waals surface area contributed by atoms with E-state index in [1.807, 2.05) is 0 Å². The van der Waals surface area contributed by atoms with Crippen molar-refractivity contribution < 1.29 is 0 Å². The van der Waals surface area contributed by atoms with E-state index in [0.717, 1.165) is 106 Å². The van der Waals surface area contributed by atoms with Crippen LogP contribution in [0.4, 0.5) is 0 Å². The number of rotatable bonds is 15. The lowest BCUT2D eigenvalue weighted by Crippen LogP contribution is -2.33. The van der Waals surface area contributed by atoms with Crippen LogP contribution >= 0.6 is 31.9 Å². The Morgan fingerprint density at radius 2 is 0.922 bits per heavy atom. The molecule has 0 radical (unpaired) electrons. The number of halogens is 2. The first-order valence-electron chi connectivity index (χ1n) is 19.7. The summed E-state index contributed by atoms with van der Waals surface area (Å²) in [5.41, 5.74) is 2.62. The van der Waals surface area contributed by atoms with Crippen molar-refractivity contribution in [1.29, 1.82) is 0 Å². The minimum atomic E-state index is 0.209. The predicted molar refractivity (Wildman–Crippen MR) is 224 cm³/mol. The third-order valence-electron chi connectivity index (χ3n) is 9.75. The van der Waals surface area contributed by atoms with Crippen LogP contribution in [0.3, 0.4) is 0 Å². The highest BCUT2D eigenvalue weighted by Crippen LogP contribution is 2.27. The van der Waals surface area contributed by atoms with E-state index >= 15 is 0 Å². The molecule has 0 aliphatic carbocycles. The molecule has 2 aliphatic heterocycles. The van der Waals surface area contributed by atoms with Crippen LogP contribution < -0.4 is 0 Å². The SMILES string of the molecule is CCCCN(CC#CCCCCC#CC(c1ccc(Br)cc1)N1CCCCC1)CC#CCCCCC#CC(c1ccc(Br)cc1)N1CCCCC1. The Bertz CT molecular complexity index is 1400. The number of likely N-dealkylation sites (tertiary alicyclic amines) is 2. The number of piperidine rings is 2. The van der Waals surface area contributed by atoms with Gasteiger partial charge in [0.2, 0.25) is 0 Å². The topological polar surface area (TPSA) is 9.72 Å². The van der Waals surface area contributed by atoms with Gasteiger partial charge in [-0.1, -0.05) is 106 Å². The van der Waals surface area contributed by atoms with Gasteiger partial charge in [-0.25, -0.2) is 0 Å². The van der Waals surface area contributed by atoms with E-state index in [1.165, 1.54) is 62.5 Å².